The molecular weight excluding hydrogens is 485 g/mol. The van der Waals surface area contributed by atoms with Gasteiger partial charge in [0.15, 0.2) is 5.82 Å². The van der Waals surface area contributed by atoms with Crippen LogP contribution in [0.5, 0.6) is 0 Å². The minimum Gasteiger partial charge on any atom is -0.378 e. The molecule has 0 aliphatic carbocycles. The number of pyridine rings is 1. The molecular formula is C25H25Cl2N7O. The van der Waals surface area contributed by atoms with E-state index in [2.05, 4.69) is 32.7 Å². The molecule has 1 atom stereocenters. The van der Waals surface area contributed by atoms with Gasteiger partial charge < -0.3 is 19.4 Å². The lowest BCUT2D eigenvalue weighted by molar-refractivity contribution is 0.122. The van der Waals surface area contributed by atoms with Crippen LogP contribution in [0.25, 0.3) is 11.3 Å². The quantitative estimate of drug-likeness (QED) is 0.515. The molecule has 3 aromatic rings. The maximum atomic E-state index is 10.3. The number of hydrogen-bond donors (Lipinski definition) is 0. The first-order valence-electron chi connectivity index (χ1n) is 11.6. The van der Waals surface area contributed by atoms with Gasteiger partial charge in [0.1, 0.15) is 17.5 Å². The second kappa shape index (κ2) is 10.2. The van der Waals surface area contributed by atoms with Gasteiger partial charge in [-0.15, -0.1) is 0 Å². The van der Waals surface area contributed by atoms with Gasteiger partial charge >= 0.3 is 0 Å². The maximum absolute atomic E-state index is 10.3. The second-order valence-corrected chi connectivity index (χ2v) is 9.43. The van der Waals surface area contributed by atoms with E-state index in [1.165, 1.54) is 0 Å². The summed E-state index contributed by atoms with van der Waals surface area (Å²) in [5.74, 6) is 2.01. The normalized spacial score (nSPS) is 18.5. The van der Waals surface area contributed by atoms with Crippen molar-refractivity contribution in [1.82, 2.24) is 15.0 Å². The maximum Gasteiger partial charge on any atom is 0.228 e. The summed E-state index contributed by atoms with van der Waals surface area (Å²) in [4.78, 5) is 20.7. The van der Waals surface area contributed by atoms with Crippen molar-refractivity contribution in [1.29, 1.82) is 5.26 Å². The van der Waals surface area contributed by atoms with Crippen molar-refractivity contribution in [3.05, 3.63) is 58.2 Å². The molecule has 0 saturated carbocycles. The number of benzene rings is 1. The van der Waals surface area contributed by atoms with Gasteiger partial charge in [0.2, 0.25) is 5.95 Å². The summed E-state index contributed by atoms with van der Waals surface area (Å²) in [5.41, 5.74) is 1.82. The molecule has 180 valence electrons. The van der Waals surface area contributed by atoms with Crippen molar-refractivity contribution >= 4 is 40.8 Å². The zero-order valence-electron chi connectivity index (χ0n) is 19.4. The van der Waals surface area contributed by atoms with E-state index in [1.807, 2.05) is 36.4 Å². The molecule has 0 radical (unpaired) electrons. The van der Waals surface area contributed by atoms with E-state index in [4.69, 9.17) is 37.9 Å². The number of piperazine rings is 1. The van der Waals surface area contributed by atoms with Crippen molar-refractivity contribution in [2.75, 3.05) is 60.6 Å². The fraction of sp³-hybridized carbons (Fsp3) is 0.360. The first kappa shape index (κ1) is 23.6. The lowest BCUT2D eigenvalue weighted by Crippen LogP contribution is -2.53. The second-order valence-electron chi connectivity index (χ2n) is 8.59. The van der Waals surface area contributed by atoms with Gasteiger partial charge in [-0.3, -0.25) is 0 Å². The third-order valence-corrected chi connectivity index (χ3v) is 6.85. The predicted octanol–water partition coefficient (Wildman–Crippen LogP) is 4.27. The van der Waals surface area contributed by atoms with E-state index in [0.29, 0.717) is 79.0 Å². The summed E-state index contributed by atoms with van der Waals surface area (Å²) >= 11 is 12.7. The average Bonchev–Trinajstić information content (AvgIpc) is 2.88. The highest BCUT2D eigenvalue weighted by Gasteiger charge is 2.31. The van der Waals surface area contributed by atoms with Crippen LogP contribution in [-0.2, 0) is 4.74 Å². The standard InChI is InChI=1S/C25H25Cl2N7O/c1-17-16-33(24-21(27)6-3-7-29-24)8-9-34(17)23-20(15-28)22(18-4-2-5-19(26)14-18)30-25(31-23)32-10-12-35-13-11-32/h2-7,14,17H,8-13,16H2,1H3/t17-/m0/s1. The van der Waals surface area contributed by atoms with Crippen LogP contribution in [0.15, 0.2) is 42.6 Å². The summed E-state index contributed by atoms with van der Waals surface area (Å²) < 4.78 is 5.52. The molecule has 35 heavy (non-hydrogen) atoms. The third kappa shape index (κ3) is 4.85. The molecule has 8 nitrogen and oxygen atoms in total. The molecule has 2 aliphatic heterocycles. The van der Waals surface area contributed by atoms with Crippen LogP contribution >= 0.6 is 23.2 Å². The van der Waals surface area contributed by atoms with Crippen LogP contribution < -0.4 is 14.7 Å². The lowest BCUT2D eigenvalue weighted by atomic mass is 10.1. The minimum atomic E-state index is 0.0635. The largest absolute Gasteiger partial charge is 0.378 e. The van der Waals surface area contributed by atoms with E-state index < -0.39 is 0 Å². The number of morpholine rings is 1. The minimum absolute atomic E-state index is 0.0635. The number of ether oxygens (including phenoxy) is 1. The Kier molecular flexibility index (Phi) is 6.91. The van der Waals surface area contributed by atoms with E-state index >= 15 is 0 Å². The highest BCUT2D eigenvalue weighted by atomic mass is 35.5. The van der Waals surface area contributed by atoms with E-state index in [1.54, 1.807) is 6.20 Å². The van der Waals surface area contributed by atoms with Crippen LogP contribution in [0.2, 0.25) is 10.0 Å². The van der Waals surface area contributed by atoms with E-state index in [-0.39, 0.29) is 6.04 Å². The molecule has 2 saturated heterocycles. The van der Waals surface area contributed by atoms with Crippen molar-refractivity contribution < 1.29 is 4.74 Å². The van der Waals surface area contributed by atoms with Crippen molar-refractivity contribution in [3.63, 3.8) is 0 Å². The van der Waals surface area contributed by atoms with Crippen LogP contribution in [0.1, 0.15) is 12.5 Å². The Balaban J connectivity index is 1.55. The highest BCUT2D eigenvalue weighted by molar-refractivity contribution is 6.33. The summed E-state index contributed by atoms with van der Waals surface area (Å²) in [6.45, 7) is 6.82. The Bertz CT molecular complexity index is 1260. The number of nitriles is 1. The van der Waals surface area contributed by atoms with Gasteiger partial charge in [0, 0.05) is 55.5 Å². The molecule has 0 unspecified atom stereocenters. The molecule has 5 rings (SSSR count). The first-order valence-corrected chi connectivity index (χ1v) is 12.3. The number of nitrogens with zero attached hydrogens (tertiary/aromatic N) is 7. The summed E-state index contributed by atoms with van der Waals surface area (Å²) in [7, 11) is 0. The summed E-state index contributed by atoms with van der Waals surface area (Å²) in [6, 6.07) is 13.6. The van der Waals surface area contributed by atoms with Crippen molar-refractivity contribution in [2.45, 2.75) is 13.0 Å². The van der Waals surface area contributed by atoms with E-state index in [9.17, 15) is 5.26 Å². The molecule has 0 spiro atoms. The molecule has 0 amide bonds. The number of rotatable bonds is 4. The fourth-order valence-corrected chi connectivity index (χ4v) is 5.00. The molecule has 2 fully saturated rings. The van der Waals surface area contributed by atoms with Crippen LogP contribution in [-0.4, -0.2) is 66.9 Å². The Hall–Kier alpha value is -3.12. The summed E-state index contributed by atoms with van der Waals surface area (Å²) in [5, 5.41) is 11.5. The topological polar surface area (TPSA) is 81.4 Å². The molecule has 0 bridgehead atoms. The Morgan fingerprint density at radius 2 is 1.83 bits per heavy atom. The van der Waals surface area contributed by atoms with Gasteiger partial charge in [-0.25, -0.2) is 9.97 Å². The zero-order valence-corrected chi connectivity index (χ0v) is 20.9. The number of hydrogen-bond acceptors (Lipinski definition) is 8. The molecule has 1 aromatic carbocycles. The highest BCUT2D eigenvalue weighted by Crippen LogP contribution is 2.34. The molecule has 2 aliphatic rings. The predicted molar refractivity (Wildman–Crippen MR) is 138 cm³/mol. The van der Waals surface area contributed by atoms with Gasteiger partial charge in [-0.2, -0.15) is 10.2 Å². The smallest absolute Gasteiger partial charge is 0.228 e. The Morgan fingerprint density at radius 3 is 2.54 bits per heavy atom. The summed E-state index contributed by atoms with van der Waals surface area (Å²) in [6.07, 6.45) is 1.75. The Labute approximate surface area is 214 Å². The fourth-order valence-electron chi connectivity index (χ4n) is 4.57. The average molecular weight is 510 g/mol. The molecule has 4 heterocycles. The first-order chi connectivity index (χ1) is 17.0. The van der Waals surface area contributed by atoms with Gasteiger partial charge in [0.25, 0.3) is 0 Å². The SMILES string of the molecule is C[C@H]1CN(c2ncccc2Cl)CCN1c1nc(N2CCOCC2)nc(-c2cccc(Cl)c2)c1C#N. The molecule has 2 aromatic heterocycles. The van der Waals surface area contributed by atoms with E-state index in [0.717, 1.165) is 11.4 Å². The van der Waals surface area contributed by atoms with Crippen LogP contribution in [0.3, 0.4) is 0 Å². The van der Waals surface area contributed by atoms with Gasteiger partial charge in [-0.1, -0.05) is 35.3 Å². The zero-order chi connectivity index (χ0) is 24.4. The third-order valence-electron chi connectivity index (χ3n) is 6.32. The molecule has 10 heteroatoms. The van der Waals surface area contributed by atoms with Gasteiger partial charge in [-0.05, 0) is 31.2 Å². The number of halogens is 2. The van der Waals surface area contributed by atoms with Gasteiger partial charge in [0.05, 0.1) is 23.9 Å². The molecule has 0 N–H and O–H groups in total. The number of anilines is 3. The van der Waals surface area contributed by atoms with Crippen molar-refractivity contribution in [3.8, 4) is 17.3 Å². The van der Waals surface area contributed by atoms with Crippen molar-refractivity contribution in [2.24, 2.45) is 0 Å². The Morgan fingerprint density at radius 1 is 1.00 bits per heavy atom. The van der Waals surface area contributed by atoms with Crippen LogP contribution in [0.4, 0.5) is 17.6 Å². The monoisotopic (exact) mass is 509 g/mol. The lowest BCUT2D eigenvalue weighted by Gasteiger charge is -2.42. The number of aromatic nitrogens is 3. The van der Waals surface area contributed by atoms with Crippen LogP contribution in [0, 0.1) is 11.3 Å².